The van der Waals surface area contributed by atoms with E-state index in [9.17, 15) is 9.59 Å². The minimum absolute atomic E-state index is 0.00926. The van der Waals surface area contributed by atoms with Gasteiger partial charge in [0.15, 0.2) is 5.78 Å². The van der Waals surface area contributed by atoms with Gasteiger partial charge < -0.3 is 10.1 Å². The van der Waals surface area contributed by atoms with Crippen LogP contribution >= 0.6 is 0 Å². The number of ether oxygens (including phenoxy) is 1. The normalized spacial score (nSPS) is 12.0. The highest BCUT2D eigenvalue weighted by Gasteiger charge is 2.23. The molecule has 0 saturated carbocycles. The maximum Gasteiger partial charge on any atom is 0.233 e. The van der Waals surface area contributed by atoms with Gasteiger partial charge in [-0.1, -0.05) is 6.92 Å². The van der Waals surface area contributed by atoms with Crippen molar-refractivity contribution in [3.63, 3.8) is 0 Å². The molecule has 0 aliphatic rings. The van der Waals surface area contributed by atoms with Crippen molar-refractivity contribution < 1.29 is 14.3 Å². The lowest BCUT2D eigenvalue weighted by Gasteiger charge is -2.27. The van der Waals surface area contributed by atoms with E-state index in [1.165, 1.54) is 0 Å². The van der Waals surface area contributed by atoms with E-state index in [2.05, 4.69) is 5.32 Å². The Labute approximate surface area is 126 Å². The largest absolute Gasteiger partial charge is 0.497 e. The van der Waals surface area contributed by atoms with E-state index in [0.717, 1.165) is 12.2 Å². The van der Waals surface area contributed by atoms with Crippen molar-refractivity contribution in [3.05, 3.63) is 29.8 Å². The molecule has 1 amide bonds. The van der Waals surface area contributed by atoms with Crippen LogP contribution in [0.2, 0.25) is 0 Å². The van der Waals surface area contributed by atoms with Crippen LogP contribution in [0.3, 0.4) is 0 Å². The number of carbonyl (C=O) groups is 2. The van der Waals surface area contributed by atoms with Crippen molar-refractivity contribution in [2.45, 2.75) is 26.3 Å². The fourth-order valence-corrected chi connectivity index (χ4v) is 2.12. The predicted octanol–water partition coefficient (Wildman–Crippen LogP) is 1.72. The van der Waals surface area contributed by atoms with Crippen LogP contribution in [0, 0.1) is 0 Å². The van der Waals surface area contributed by atoms with Gasteiger partial charge in [-0.05, 0) is 44.2 Å². The fourth-order valence-electron chi connectivity index (χ4n) is 2.12. The third-order valence-electron chi connectivity index (χ3n) is 3.44. The molecule has 0 radical (unpaired) electrons. The summed E-state index contributed by atoms with van der Waals surface area (Å²) >= 11 is 0. The van der Waals surface area contributed by atoms with Crippen molar-refractivity contribution >= 4 is 11.7 Å². The summed E-state index contributed by atoms with van der Waals surface area (Å²) in [6, 6.07) is 6.70. The number of nitrogens with zero attached hydrogens (tertiary/aromatic N) is 1. The molecule has 0 spiro atoms. The van der Waals surface area contributed by atoms with Gasteiger partial charge in [-0.3, -0.25) is 14.5 Å². The molecule has 1 aromatic rings. The van der Waals surface area contributed by atoms with Crippen LogP contribution in [0.1, 0.15) is 30.6 Å². The number of hydrogen-bond donors (Lipinski definition) is 1. The lowest BCUT2D eigenvalue weighted by molar-refractivity contribution is -0.122. The first kappa shape index (κ1) is 17.2. The number of benzene rings is 1. The molecule has 5 heteroatoms. The summed E-state index contributed by atoms with van der Waals surface area (Å²) in [5.41, 5.74) is 0.626. The van der Waals surface area contributed by atoms with E-state index < -0.39 is 0 Å². The van der Waals surface area contributed by atoms with Crippen molar-refractivity contribution in [2.24, 2.45) is 0 Å². The second kappa shape index (κ2) is 8.42. The number of rotatable bonds is 8. The van der Waals surface area contributed by atoms with E-state index in [4.69, 9.17) is 4.74 Å². The Hall–Kier alpha value is -1.88. The smallest absolute Gasteiger partial charge is 0.233 e. The first-order valence-electron chi connectivity index (χ1n) is 7.16. The Bertz CT molecular complexity index is 471. The SMILES string of the molecule is CCCN(CC(=O)NC)C(C)C(=O)c1ccc(OC)cc1. The maximum atomic E-state index is 12.5. The van der Waals surface area contributed by atoms with Crippen LogP contribution in [0.5, 0.6) is 5.75 Å². The molecule has 1 N–H and O–H groups in total. The Morgan fingerprint density at radius 3 is 2.38 bits per heavy atom. The van der Waals surface area contributed by atoms with Crippen LogP contribution in [-0.2, 0) is 4.79 Å². The van der Waals surface area contributed by atoms with E-state index in [-0.39, 0.29) is 24.3 Å². The zero-order valence-corrected chi connectivity index (χ0v) is 13.2. The monoisotopic (exact) mass is 292 g/mol. The average molecular weight is 292 g/mol. The van der Waals surface area contributed by atoms with Gasteiger partial charge in [0.2, 0.25) is 5.91 Å². The van der Waals surface area contributed by atoms with Crippen LogP contribution in [0.25, 0.3) is 0 Å². The van der Waals surface area contributed by atoms with Gasteiger partial charge in [0.1, 0.15) is 5.75 Å². The molecule has 1 aromatic carbocycles. The summed E-state index contributed by atoms with van der Waals surface area (Å²) < 4.78 is 5.09. The van der Waals surface area contributed by atoms with Crippen LogP contribution < -0.4 is 10.1 Å². The number of likely N-dealkylation sites (N-methyl/N-ethyl adjacent to an activating group) is 1. The standard InChI is InChI=1S/C16H24N2O3/c1-5-10-18(11-15(19)17-3)12(2)16(20)13-6-8-14(21-4)9-7-13/h6-9,12H,5,10-11H2,1-4H3,(H,17,19). The molecular weight excluding hydrogens is 268 g/mol. The van der Waals surface area contributed by atoms with Gasteiger partial charge in [-0.25, -0.2) is 0 Å². The van der Waals surface area contributed by atoms with E-state index in [1.54, 1.807) is 38.4 Å². The molecule has 116 valence electrons. The number of amides is 1. The number of Topliss-reactive ketones (excluding diaryl/α,β-unsaturated/α-hetero) is 1. The zero-order valence-electron chi connectivity index (χ0n) is 13.2. The van der Waals surface area contributed by atoms with Crippen molar-refractivity contribution in [3.8, 4) is 5.75 Å². The Morgan fingerprint density at radius 1 is 1.29 bits per heavy atom. The molecule has 0 aliphatic heterocycles. The third kappa shape index (κ3) is 4.86. The summed E-state index contributed by atoms with van der Waals surface area (Å²) in [6.07, 6.45) is 0.886. The number of methoxy groups -OCH3 is 1. The average Bonchev–Trinajstić information content (AvgIpc) is 2.52. The highest BCUT2D eigenvalue weighted by molar-refractivity contribution is 6.00. The van der Waals surface area contributed by atoms with Gasteiger partial charge in [-0.15, -0.1) is 0 Å². The van der Waals surface area contributed by atoms with Crippen molar-refractivity contribution in [2.75, 3.05) is 27.2 Å². The highest BCUT2D eigenvalue weighted by Crippen LogP contribution is 2.15. The molecule has 21 heavy (non-hydrogen) atoms. The molecular formula is C16H24N2O3. The number of hydrogen-bond acceptors (Lipinski definition) is 4. The minimum atomic E-state index is -0.337. The molecule has 0 aliphatic carbocycles. The Kier molecular flexibility index (Phi) is 6.88. The van der Waals surface area contributed by atoms with E-state index in [0.29, 0.717) is 12.1 Å². The van der Waals surface area contributed by atoms with Gasteiger partial charge in [0.05, 0.1) is 19.7 Å². The van der Waals surface area contributed by atoms with Crippen LogP contribution in [0.15, 0.2) is 24.3 Å². The fraction of sp³-hybridized carbons (Fsp3) is 0.500. The summed E-state index contributed by atoms with van der Waals surface area (Å²) in [4.78, 5) is 26.0. The molecule has 0 aromatic heterocycles. The number of carbonyl (C=O) groups excluding carboxylic acids is 2. The van der Waals surface area contributed by atoms with Crippen molar-refractivity contribution in [1.29, 1.82) is 0 Å². The maximum absolute atomic E-state index is 12.5. The van der Waals surface area contributed by atoms with Crippen LogP contribution in [0.4, 0.5) is 0 Å². The topological polar surface area (TPSA) is 58.6 Å². The van der Waals surface area contributed by atoms with E-state index >= 15 is 0 Å². The van der Waals surface area contributed by atoms with Gasteiger partial charge >= 0.3 is 0 Å². The quantitative estimate of drug-likeness (QED) is 0.741. The lowest BCUT2D eigenvalue weighted by Crippen LogP contribution is -2.45. The number of ketones is 1. The predicted molar refractivity (Wildman–Crippen MR) is 82.7 cm³/mol. The molecule has 0 fully saturated rings. The lowest BCUT2D eigenvalue weighted by atomic mass is 10.0. The second-order valence-electron chi connectivity index (χ2n) is 4.91. The zero-order chi connectivity index (χ0) is 15.8. The van der Waals surface area contributed by atoms with Crippen LogP contribution in [-0.4, -0.2) is 49.9 Å². The van der Waals surface area contributed by atoms with Crippen molar-refractivity contribution in [1.82, 2.24) is 10.2 Å². The van der Waals surface area contributed by atoms with Gasteiger partial charge in [0, 0.05) is 12.6 Å². The summed E-state index contributed by atoms with van der Waals surface area (Å²) in [6.45, 7) is 4.80. The summed E-state index contributed by atoms with van der Waals surface area (Å²) in [5, 5.41) is 2.59. The Morgan fingerprint density at radius 2 is 1.90 bits per heavy atom. The Balaban J connectivity index is 2.82. The second-order valence-corrected chi connectivity index (χ2v) is 4.91. The molecule has 1 atom stereocenters. The van der Waals surface area contributed by atoms with E-state index in [1.807, 2.05) is 18.7 Å². The third-order valence-corrected chi connectivity index (χ3v) is 3.44. The molecule has 5 nitrogen and oxygen atoms in total. The molecule has 1 rings (SSSR count). The van der Waals surface area contributed by atoms with Gasteiger partial charge in [0.25, 0.3) is 0 Å². The molecule has 1 unspecified atom stereocenters. The minimum Gasteiger partial charge on any atom is -0.497 e. The summed E-state index contributed by atoms with van der Waals surface area (Å²) in [7, 11) is 3.19. The molecule has 0 bridgehead atoms. The summed E-state index contributed by atoms with van der Waals surface area (Å²) in [5.74, 6) is 0.641. The molecule has 0 heterocycles. The van der Waals surface area contributed by atoms with Gasteiger partial charge in [-0.2, -0.15) is 0 Å². The first-order chi connectivity index (χ1) is 10.0. The first-order valence-corrected chi connectivity index (χ1v) is 7.16. The highest BCUT2D eigenvalue weighted by atomic mass is 16.5. The number of nitrogens with one attached hydrogen (secondary N) is 1. The molecule has 0 saturated heterocycles.